The van der Waals surface area contributed by atoms with Gasteiger partial charge in [-0.2, -0.15) is 0 Å². The number of thioether (sulfide) groups is 1. The number of hydrogen-bond acceptors (Lipinski definition) is 7. The van der Waals surface area contributed by atoms with Crippen LogP contribution in [0.25, 0.3) is 0 Å². The molecular formula is C20H18F3IN4O4S. The maximum absolute atomic E-state index is 14.6. The maximum Gasteiger partial charge on any atom is 0.263 e. The summed E-state index contributed by atoms with van der Waals surface area (Å²) in [6.07, 6.45) is 2.38. The van der Waals surface area contributed by atoms with Gasteiger partial charge >= 0.3 is 0 Å². The Kier molecular flexibility index (Phi) is 7.74. The Hall–Kier alpha value is -2.52. The zero-order valence-corrected chi connectivity index (χ0v) is 20.0. The molecule has 0 bridgehead atoms. The average molecular weight is 594 g/mol. The Morgan fingerprint density at radius 1 is 1.30 bits per heavy atom. The number of halogens is 4. The van der Waals surface area contributed by atoms with Gasteiger partial charge in [-0.1, -0.05) is 0 Å². The van der Waals surface area contributed by atoms with Crippen molar-refractivity contribution in [3.8, 4) is 0 Å². The zero-order chi connectivity index (χ0) is 24.3. The van der Waals surface area contributed by atoms with Crippen molar-refractivity contribution in [1.82, 2.24) is 10.2 Å². The summed E-state index contributed by atoms with van der Waals surface area (Å²) in [7, 11) is 0. The Morgan fingerprint density at radius 3 is 2.61 bits per heavy atom. The largest absolute Gasteiger partial charge is 0.384 e. The standard InChI is InChI=1S/C20H18F3IN4O4S/c1-33-16(7-28(31)32)25-8-20(30)9-27(10-20)19(29)12-3-4-13(21)17(23)18(12)26-15-5-2-11(24)6-14(15)22/h2-7,25-26,30H,8-10H2,1H3/b16-7-. The van der Waals surface area contributed by atoms with Crippen molar-refractivity contribution >= 4 is 51.6 Å². The number of likely N-dealkylation sites (tertiary alicyclic amines) is 1. The number of anilines is 2. The molecule has 3 N–H and O–H groups in total. The van der Waals surface area contributed by atoms with Crippen molar-refractivity contribution < 1.29 is 28.0 Å². The lowest BCUT2D eigenvalue weighted by Crippen LogP contribution is -2.67. The fourth-order valence-corrected chi connectivity index (χ4v) is 4.05. The zero-order valence-electron chi connectivity index (χ0n) is 17.1. The normalized spacial score (nSPS) is 15.1. The molecule has 0 aliphatic carbocycles. The van der Waals surface area contributed by atoms with E-state index in [-0.39, 0.29) is 35.9 Å². The van der Waals surface area contributed by atoms with Gasteiger partial charge in [0.2, 0.25) is 0 Å². The van der Waals surface area contributed by atoms with Crippen molar-refractivity contribution in [1.29, 1.82) is 0 Å². The van der Waals surface area contributed by atoms with Gasteiger partial charge in [-0.15, -0.1) is 11.8 Å². The Labute approximate surface area is 204 Å². The van der Waals surface area contributed by atoms with Gasteiger partial charge in [0.25, 0.3) is 12.1 Å². The first-order chi connectivity index (χ1) is 15.5. The fourth-order valence-electron chi connectivity index (χ4n) is 3.18. The molecule has 1 saturated heterocycles. The highest BCUT2D eigenvalue weighted by Crippen LogP contribution is 2.31. The number of amides is 1. The van der Waals surface area contributed by atoms with E-state index >= 15 is 0 Å². The summed E-state index contributed by atoms with van der Waals surface area (Å²) >= 11 is 2.98. The molecule has 2 aromatic carbocycles. The lowest BCUT2D eigenvalue weighted by atomic mass is 9.93. The van der Waals surface area contributed by atoms with E-state index in [4.69, 9.17) is 0 Å². The van der Waals surface area contributed by atoms with E-state index in [1.54, 1.807) is 12.3 Å². The number of β-amino-alcohol motifs (C(OH)–C–C–N with tert-alkyl or cyclic N) is 1. The van der Waals surface area contributed by atoms with Crippen LogP contribution in [0, 0.1) is 31.1 Å². The van der Waals surface area contributed by atoms with Gasteiger partial charge in [0, 0.05) is 10.1 Å². The van der Waals surface area contributed by atoms with Gasteiger partial charge in [-0.3, -0.25) is 14.9 Å². The van der Waals surface area contributed by atoms with E-state index in [1.165, 1.54) is 17.0 Å². The molecule has 33 heavy (non-hydrogen) atoms. The molecule has 0 saturated carbocycles. The quantitative estimate of drug-likeness (QED) is 0.243. The highest BCUT2D eigenvalue weighted by atomic mass is 127. The van der Waals surface area contributed by atoms with Crippen LogP contribution in [-0.4, -0.2) is 52.3 Å². The van der Waals surface area contributed by atoms with Crippen molar-refractivity contribution in [2.45, 2.75) is 5.60 Å². The van der Waals surface area contributed by atoms with Gasteiger partial charge in [0.05, 0.1) is 35.0 Å². The molecule has 8 nitrogen and oxygen atoms in total. The first kappa shape index (κ1) is 25.1. The summed E-state index contributed by atoms with van der Waals surface area (Å²) in [5.41, 5.74) is -2.26. The van der Waals surface area contributed by atoms with E-state index in [1.807, 2.05) is 22.6 Å². The maximum atomic E-state index is 14.6. The molecule has 13 heteroatoms. The molecule has 0 spiro atoms. The lowest BCUT2D eigenvalue weighted by Gasteiger charge is -2.46. The van der Waals surface area contributed by atoms with E-state index < -0.39 is 39.6 Å². The predicted octanol–water partition coefficient (Wildman–Crippen LogP) is 3.67. The lowest BCUT2D eigenvalue weighted by molar-refractivity contribution is -0.403. The molecule has 1 aliphatic rings. The summed E-state index contributed by atoms with van der Waals surface area (Å²) in [6, 6.07) is 5.96. The Balaban J connectivity index is 1.76. The van der Waals surface area contributed by atoms with Crippen LogP contribution in [0.5, 0.6) is 0 Å². The molecule has 176 valence electrons. The third-order valence-corrected chi connectivity index (χ3v) is 6.17. The molecule has 0 radical (unpaired) electrons. The van der Waals surface area contributed by atoms with Crippen LogP contribution < -0.4 is 10.6 Å². The number of hydrogen-bond donors (Lipinski definition) is 3. The highest BCUT2D eigenvalue weighted by molar-refractivity contribution is 14.1. The van der Waals surface area contributed by atoms with Gasteiger partial charge in [0.15, 0.2) is 11.6 Å². The van der Waals surface area contributed by atoms with E-state index in [9.17, 15) is 33.2 Å². The summed E-state index contributed by atoms with van der Waals surface area (Å²) in [5.74, 6) is -3.96. The van der Waals surface area contributed by atoms with Crippen LogP contribution in [-0.2, 0) is 0 Å². The minimum Gasteiger partial charge on any atom is -0.384 e. The topological polar surface area (TPSA) is 108 Å². The average Bonchev–Trinajstić information content (AvgIpc) is 2.73. The smallest absolute Gasteiger partial charge is 0.263 e. The van der Waals surface area contributed by atoms with Crippen molar-refractivity contribution in [3.05, 3.63) is 78.3 Å². The van der Waals surface area contributed by atoms with Gasteiger partial charge < -0.3 is 20.6 Å². The predicted molar refractivity (Wildman–Crippen MR) is 126 cm³/mol. The second kappa shape index (κ2) is 10.2. The molecule has 1 heterocycles. The minimum atomic E-state index is -1.37. The Bertz CT molecular complexity index is 1130. The SMILES string of the molecule is CS/C(=C\[N+](=O)[O-])NCC1(O)CN(C(=O)c2ccc(F)c(F)c2Nc2ccc(I)cc2F)C1. The van der Waals surface area contributed by atoms with Crippen molar-refractivity contribution in [3.63, 3.8) is 0 Å². The molecule has 0 atom stereocenters. The third-order valence-electron chi connectivity index (χ3n) is 4.81. The highest BCUT2D eigenvalue weighted by Gasteiger charge is 2.44. The molecule has 1 fully saturated rings. The second-order valence-corrected chi connectivity index (χ2v) is 9.35. The van der Waals surface area contributed by atoms with Crippen LogP contribution in [0.1, 0.15) is 10.4 Å². The number of nitrogens with one attached hydrogen (secondary N) is 2. The Morgan fingerprint density at radius 2 is 2.00 bits per heavy atom. The van der Waals surface area contributed by atoms with Crippen molar-refractivity contribution in [2.75, 3.05) is 31.2 Å². The minimum absolute atomic E-state index is 0.0615. The van der Waals surface area contributed by atoms with Crippen LogP contribution in [0.3, 0.4) is 0 Å². The molecular weight excluding hydrogens is 576 g/mol. The molecule has 0 unspecified atom stereocenters. The number of carbonyl (C=O) groups is 1. The summed E-state index contributed by atoms with van der Waals surface area (Å²) < 4.78 is 43.3. The second-order valence-electron chi connectivity index (χ2n) is 7.26. The number of aliphatic hydroxyl groups is 1. The van der Waals surface area contributed by atoms with Gasteiger partial charge in [-0.25, -0.2) is 13.2 Å². The van der Waals surface area contributed by atoms with E-state index in [2.05, 4.69) is 10.6 Å². The van der Waals surface area contributed by atoms with Crippen LogP contribution in [0.15, 0.2) is 41.6 Å². The first-order valence-electron chi connectivity index (χ1n) is 9.38. The fraction of sp³-hybridized carbons (Fsp3) is 0.250. The van der Waals surface area contributed by atoms with Crippen LogP contribution in [0.4, 0.5) is 24.5 Å². The van der Waals surface area contributed by atoms with Gasteiger partial charge in [-0.05, 0) is 59.2 Å². The summed E-state index contributed by atoms with van der Waals surface area (Å²) in [6.45, 7) is -0.349. The van der Waals surface area contributed by atoms with Crippen LogP contribution in [0.2, 0.25) is 0 Å². The molecule has 1 aliphatic heterocycles. The van der Waals surface area contributed by atoms with Crippen molar-refractivity contribution in [2.24, 2.45) is 0 Å². The number of nitrogens with zero attached hydrogens (tertiary/aromatic N) is 2. The summed E-state index contributed by atoms with van der Waals surface area (Å²) in [4.78, 5) is 24.1. The van der Waals surface area contributed by atoms with E-state index in [0.717, 1.165) is 30.1 Å². The first-order valence-corrected chi connectivity index (χ1v) is 11.7. The molecule has 0 aromatic heterocycles. The number of carbonyl (C=O) groups excluding carboxylic acids is 1. The van der Waals surface area contributed by atoms with E-state index in [0.29, 0.717) is 3.57 Å². The van der Waals surface area contributed by atoms with Gasteiger partial charge in [0.1, 0.15) is 16.4 Å². The number of nitro groups is 1. The number of rotatable bonds is 8. The third kappa shape index (κ3) is 5.89. The summed E-state index contributed by atoms with van der Waals surface area (Å²) in [5, 5.41) is 26.6. The molecule has 1 amide bonds. The molecule has 3 rings (SSSR count). The number of benzene rings is 2. The monoisotopic (exact) mass is 594 g/mol. The van der Waals surface area contributed by atoms with Crippen LogP contribution >= 0.6 is 34.4 Å². The molecule has 2 aromatic rings.